The maximum atomic E-state index is 12.2. The Morgan fingerprint density at radius 2 is 1.95 bits per heavy atom. The fourth-order valence-electron chi connectivity index (χ4n) is 2.31. The van der Waals surface area contributed by atoms with Gasteiger partial charge in [-0.1, -0.05) is 15.9 Å². The van der Waals surface area contributed by atoms with Gasteiger partial charge in [-0.15, -0.1) is 0 Å². The van der Waals surface area contributed by atoms with Crippen LogP contribution in [0.5, 0.6) is 0 Å². The second-order valence-electron chi connectivity index (χ2n) is 4.61. The molecule has 1 aliphatic rings. The average molecular weight is 322 g/mol. The first-order valence-electron chi connectivity index (χ1n) is 6.18. The van der Waals surface area contributed by atoms with Crippen LogP contribution in [-0.2, 0) is 0 Å². The molecule has 2 aromatic rings. The molecule has 5 heteroatoms. The zero-order valence-corrected chi connectivity index (χ0v) is 11.8. The second-order valence-corrected chi connectivity index (χ2v) is 5.53. The molecule has 2 heterocycles. The van der Waals surface area contributed by atoms with Crippen molar-refractivity contribution in [3.05, 3.63) is 44.7 Å². The van der Waals surface area contributed by atoms with E-state index in [9.17, 15) is 9.59 Å². The summed E-state index contributed by atoms with van der Waals surface area (Å²) in [6, 6.07) is 6.47. The number of halogens is 1. The number of hydrogen-bond donors (Lipinski definition) is 0. The Labute approximate surface area is 118 Å². The molecule has 0 spiro atoms. The number of amides is 1. The molecule has 4 nitrogen and oxygen atoms in total. The summed E-state index contributed by atoms with van der Waals surface area (Å²) in [5, 5.41) is 0.479. The van der Waals surface area contributed by atoms with Crippen LogP contribution < -0.4 is 5.43 Å². The van der Waals surface area contributed by atoms with Gasteiger partial charge in [0.05, 0.1) is 5.39 Å². The fourth-order valence-corrected chi connectivity index (χ4v) is 2.67. The minimum atomic E-state index is -0.195. The molecular formula is C14H12BrNO3. The number of benzene rings is 1. The van der Waals surface area contributed by atoms with Gasteiger partial charge in [-0.3, -0.25) is 9.59 Å². The molecule has 1 aromatic heterocycles. The van der Waals surface area contributed by atoms with E-state index in [4.69, 9.17) is 4.42 Å². The highest BCUT2D eigenvalue weighted by molar-refractivity contribution is 9.10. The Kier molecular flexibility index (Phi) is 3.14. The van der Waals surface area contributed by atoms with Crippen molar-refractivity contribution in [1.82, 2.24) is 4.90 Å². The van der Waals surface area contributed by atoms with Gasteiger partial charge >= 0.3 is 0 Å². The normalized spacial score (nSPS) is 15.1. The van der Waals surface area contributed by atoms with Gasteiger partial charge in [0.15, 0.2) is 11.2 Å². The number of likely N-dealkylation sites (tertiary alicyclic amines) is 1. The van der Waals surface area contributed by atoms with Crippen LogP contribution in [0.15, 0.2) is 37.9 Å². The quantitative estimate of drug-likeness (QED) is 0.811. The fraction of sp³-hybridized carbons (Fsp3) is 0.286. The summed E-state index contributed by atoms with van der Waals surface area (Å²) in [5.41, 5.74) is 0.253. The van der Waals surface area contributed by atoms with Crippen LogP contribution >= 0.6 is 15.9 Å². The molecule has 0 aliphatic carbocycles. The summed E-state index contributed by atoms with van der Waals surface area (Å²) in [4.78, 5) is 25.9. The van der Waals surface area contributed by atoms with E-state index in [1.807, 2.05) is 0 Å². The van der Waals surface area contributed by atoms with E-state index in [1.54, 1.807) is 23.1 Å². The number of carbonyl (C=O) groups excluding carboxylic acids is 1. The van der Waals surface area contributed by atoms with Crippen molar-refractivity contribution in [3.63, 3.8) is 0 Å². The predicted molar refractivity (Wildman–Crippen MR) is 75.3 cm³/mol. The van der Waals surface area contributed by atoms with E-state index < -0.39 is 0 Å². The van der Waals surface area contributed by atoms with E-state index in [2.05, 4.69) is 15.9 Å². The topological polar surface area (TPSA) is 50.5 Å². The Hall–Kier alpha value is -1.62. The molecule has 19 heavy (non-hydrogen) atoms. The molecule has 0 saturated carbocycles. The summed E-state index contributed by atoms with van der Waals surface area (Å²) in [5.74, 6) is -0.0684. The van der Waals surface area contributed by atoms with Gasteiger partial charge in [0.25, 0.3) is 5.91 Å². The highest BCUT2D eigenvalue weighted by atomic mass is 79.9. The van der Waals surface area contributed by atoms with Crippen molar-refractivity contribution in [2.45, 2.75) is 12.8 Å². The second kappa shape index (κ2) is 4.81. The molecular weight excluding hydrogens is 310 g/mol. The van der Waals surface area contributed by atoms with Crippen molar-refractivity contribution in [3.8, 4) is 0 Å². The van der Waals surface area contributed by atoms with Crippen LogP contribution in [0.2, 0.25) is 0 Å². The summed E-state index contributed by atoms with van der Waals surface area (Å²) >= 11 is 3.31. The summed E-state index contributed by atoms with van der Waals surface area (Å²) in [6.07, 6.45) is 2.02. The lowest BCUT2D eigenvalue weighted by Crippen LogP contribution is -2.28. The van der Waals surface area contributed by atoms with Crippen molar-refractivity contribution in [2.75, 3.05) is 13.1 Å². The first-order valence-corrected chi connectivity index (χ1v) is 6.97. The first kappa shape index (κ1) is 12.4. The third-order valence-corrected chi connectivity index (χ3v) is 3.79. The number of nitrogens with zero attached hydrogens (tertiary/aromatic N) is 1. The van der Waals surface area contributed by atoms with Gasteiger partial charge < -0.3 is 9.32 Å². The Morgan fingerprint density at radius 3 is 2.68 bits per heavy atom. The third-order valence-electron chi connectivity index (χ3n) is 3.29. The average Bonchev–Trinajstić information content (AvgIpc) is 2.92. The van der Waals surface area contributed by atoms with Crippen LogP contribution in [0.1, 0.15) is 23.4 Å². The van der Waals surface area contributed by atoms with Gasteiger partial charge in [-0.25, -0.2) is 0 Å². The minimum Gasteiger partial charge on any atom is -0.451 e. The van der Waals surface area contributed by atoms with Crippen molar-refractivity contribution < 1.29 is 9.21 Å². The number of rotatable bonds is 1. The molecule has 98 valence electrons. The maximum absolute atomic E-state index is 12.2. The molecule has 1 aromatic carbocycles. The Bertz CT molecular complexity index is 701. The predicted octanol–water partition coefficient (Wildman–Crippen LogP) is 2.79. The van der Waals surface area contributed by atoms with Crippen LogP contribution in [0.25, 0.3) is 11.0 Å². The molecule has 1 fully saturated rings. The van der Waals surface area contributed by atoms with Crippen molar-refractivity contribution in [2.24, 2.45) is 0 Å². The minimum absolute atomic E-state index is 0.127. The number of fused-ring (bicyclic) bond motifs is 1. The zero-order chi connectivity index (χ0) is 13.4. The first-order chi connectivity index (χ1) is 9.15. The van der Waals surface area contributed by atoms with Gasteiger partial charge in [0.2, 0.25) is 0 Å². The summed E-state index contributed by atoms with van der Waals surface area (Å²) in [6.45, 7) is 1.47. The van der Waals surface area contributed by atoms with Gasteiger partial charge in [0.1, 0.15) is 5.58 Å². The van der Waals surface area contributed by atoms with E-state index in [1.165, 1.54) is 6.07 Å². The van der Waals surface area contributed by atoms with Crippen molar-refractivity contribution >= 4 is 32.8 Å². The van der Waals surface area contributed by atoms with E-state index in [-0.39, 0.29) is 17.1 Å². The number of hydrogen-bond acceptors (Lipinski definition) is 3. The molecule has 1 saturated heterocycles. The molecule has 1 aliphatic heterocycles. The van der Waals surface area contributed by atoms with Crippen LogP contribution in [-0.4, -0.2) is 23.9 Å². The molecule has 0 atom stereocenters. The zero-order valence-electron chi connectivity index (χ0n) is 10.2. The smallest absolute Gasteiger partial charge is 0.289 e. The van der Waals surface area contributed by atoms with Crippen LogP contribution in [0, 0.1) is 0 Å². The van der Waals surface area contributed by atoms with Crippen LogP contribution in [0.3, 0.4) is 0 Å². The van der Waals surface area contributed by atoms with Gasteiger partial charge in [0, 0.05) is 23.6 Å². The molecule has 1 amide bonds. The lowest BCUT2D eigenvalue weighted by Gasteiger charge is -2.14. The SMILES string of the molecule is O=C(c1cc(=O)c2cc(Br)ccc2o1)N1CCCC1. The van der Waals surface area contributed by atoms with E-state index in [0.29, 0.717) is 11.0 Å². The molecule has 0 bridgehead atoms. The lowest BCUT2D eigenvalue weighted by molar-refractivity contribution is 0.0762. The molecule has 0 unspecified atom stereocenters. The monoisotopic (exact) mass is 321 g/mol. The van der Waals surface area contributed by atoms with Crippen molar-refractivity contribution in [1.29, 1.82) is 0 Å². The van der Waals surface area contributed by atoms with E-state index in [0.717, 1.165) is 30.4 Å². The van der Waals surface area contributed by atoms with Crippen LogP contribution in [0.4, 0.5) is 0 Å². The summed E-state index contributed by atoms with van der Waals surface area (Å²) < 4.78 is 6.37. The Balaban J connectivity index is 2.08. The van der Waals surface area contributed by atoms with E-state index >= 15 is 0 Å². The number of carbonyl (C=O) groups is 1. The van der Waals surface area contributed by atoms with Gasteiger partial charge in [-0.2, -0.15) is 0 Å². The lowest BCUT2D eigenvalue weighted by atomic mass is 10.2. The highest BCUT2D eigenvalue weighted by Crippen LogP contribution is 2.19. The maximum Gasteiger partial charge on any atom is 0.289 e. The van der Waals surface area contributed by atoms with Gasteiger partial charge in [-0.05, 0) is 31.0 Å². The third kappa shape index (κ3) is 2.30. The summed E-state index contributed by atoms with van der Waals surface area (Å²) in [7, 11) is 0. The highest BCUT2D eigenvalue weighted by Gasteiger charge is 2.22. The standard InChI is InChI=1S/C14H12BrNO3/c15-9-3-4-12-10(7-9)11(17)8-13(19-12)14(18)16-5-1-2-6-16/h3-4,7-8H,1-2,5-6H2. The molecule has 3 rings (SSSR count). The largest absolute Gasteiger partial charge is 0.451 e. The molecule has 0 radical (unpaired) electrons. The molecule has 0 N–H and O–H groups in total. The Morgan fingerprint density at radius 1 is 1.21 bits per heavy atom.